The predicted molar refractivity (Wildman–Crippen MR) is 126 cm³/mol. The lowest BCUT2D eigenvalue weighted by Gasteiger charge is -2.13. The van der Waals surface area contributed by atoms with E-state index in [0.29, 0.717) is 30.8 Å². The molecule has 154 valence electrons. The molecular weight excluding hydrogens is 542 g/mol. The standard InChI is InChI=1S/C19H19Br2N3O3S2/c1-27-15-11(7-9(20)8-12(15)21)17(26)23-19(28)24-18-14(16(22)25)10-5-3-2-4-6-13(10)29-18/h7-8H,2-6H2,1H3,(H2,22,25)(H2,23,24,26,28). The van der Waals surface area contributed by atoms with Gasteiger partial charge in [-0.05, 0) is 71.5 Å². The van der Waals surface area contributed by atoms with Crippen molar-refractivity contribution in [1.29, 1.82) is 0 Å². The van der Waals surface area contributed by atoms with E-state index in [9.17, 15) is 9.59 Å². The number of thiophene rings is 1. The Balaban J connectivity index is 1.82. The van der Waals surface area contributed by atoms with Crippen molar-refractivity contribution in [1.82, 2.24) is 5.32 Å². The molecule has 1 aliphatic carbocycles. The van der Waals surface area contributed by atoms with Crippen molar-refractivity contribution in [3.8, 4) is 5.75 Å². The van der Waals surface area contributed by atoms with Gasteiger partial charge < -0.3 is 15.8 Å². The third-order valence-corrected chi connectivity index (χ3v) is 7.04. The van der Waals surface area contributed by atoms with Gasteiger partial charge in [0, 0.05) is 9.35 Å². The highest BCUT2D eigenvalue weighted by atomic mass is 79.9. The number of amides is 2. The first-order chi connectivity index (χ1) is 13.8. The fourth-order valence-electron chi connectivity index (χ4n) is 3.33. The number of benzene rings is 1. The Kier molecular flexibility index (Phi) is 7.31. The maximum Gasteiger partial charge on any atom is 0.261 e. The van der Waals surface area contributed by atoms with Crippen LogP contribution in [0.1, 0.15) is 50.4 Å². The van der Waals surface area contributed by atoms with E-state index in [0.717, 1.165) is 42.5 Å². The average molecular weight is 561 g/mol. The Morgan fingerprint density at radius 1 is 1.21 bits per heavy atom. The summed E-state index contributed by atoms with van der Waals surface area (Å²) in [6.07, 6.45) is 5.01. The van der Waals surface area contributed by atoms with E-state index in [4.69, 9.17) is 22.7 Å². The minimum absolute atomic E-state index is 0.0899. The molecule has 2 amide bonds. The molecule has 0 saturated heterocycles. The molecule has 0 atom stereocenters. The fraction of sp³-hybridized carbons (Fsp3) is 0.316. The molecule has 0 aliphatic heterocycles. The van der Waals surface area contributed by atoms with E-state index in [2.05, 4.69) is 42.5 Å². The quantitative estimate of drug-likeness (QED) is 0.370. The summed E-state index contributed by atoms with van der Waals surface area (Å²) in [4.78, 5) is 26.0. The Labute approximate surface area is 194 Å². The van der Waals surface area contributed by atoms with Crippen LogP contribution in [0.5, 0.6) is 5.75 Å². The van der Waals surface area contributed by atoms with Gasteiger partial charge in [-0.3, -0.25) is 14.9 Å². The normalized spacial score (nSPS) is 13.2. The van der Waals surface area contributed by atoms with E-state index in [1.165, 1.54) is 18.4 Å². The maximum atomic E-state index is 12.7. The smallest absolute Gasteiger partial charge is 0.261 e. The maximum absolute atomic E-state index is 12.7. The number of hydrogen-bond donors (Lipinski definition) is 3. The molecule has 0 saturated carbocycles. The summed E-state index contributed by atoms with van der Waals surface area (Å²) in [5.41, 5.74) is 7.44. The van der Waals surface area contributed by atoms with Crippen LogP contribution < -0.4 is 21.1 Å². The third-order valence-electron chi connectivity index (χ3n) is 4.58. The van der Waals surface area contributed by atoms with E-state index >= 15 is 0 Å². The highest BCUT2D eigenvalue weighted by Gasteiger charge is 2.24. The van der Waals surface area contributed by atoms with Gasteiger partial charge in [-0.2, -0.15) is 0 Å². The van der Waals surface area contributed by atoms with Crippen LogP contribution >= 0.6 is 55.4 Å². The number of thiocarbonyl (C=S) groups is 1. The number of carbonyl (C=O) groups is 2. The average Bonchev–Trinajstić information content (AvgIpc) is 2.81. The van der Waals surface area contributed by atoms with Gasteiger partial charge in [0.25, 0.3) is 11.8 Å². The van der Waals surface area contributed by atoms with E-state index in [1.807, 2.05) is 0 Å². The van der Waals surface area contributed by atoms with Crippen LogP contribution in [0.15, 0.2) is 21.1 Å². The minimum atomic E-state index is -0.487. The number of nitrogens with one attached hydrogen (secondary N) is 2. The lowest BCUT2D eigenvalue weighted by atomic mass is 10.1. The van der Waals surface area contributed by atoms with Crippen molar-refractivity contribution in [2.75, 3.05) is 12.4 Å². The number of ether oxygens (including phenoxy) is 1. The number of anilines is 1. The molecule has 0 unspecified atom stereocenters. The number of nitrogens with two attached hydrogens (primary N) is 1. The number of primary amides is 1. The summed E-state index contributed by atoms with van der Waals surface area (Å²) in [6.45, 7) is 0. The number of rotatable bonds is 4. The highest BCUT2D eigenvalue weighted by molar-refractivity contribution is 9.11. The number of aryl methyl sites for hydroxylation is 1. The SMILES string of the molecule is COc1c(Br)cc(Br)cc1C(=O)NC(=S)Nc1sc2c(c1C(N)=O)CCCCC2. The third kappa shape index (κ3) is 4.99. The first kappa shape index (κ1) is 22.2. The van der Waals surface area contributed by atoms with Crippen molar-refractivity contribution < 1.29 is 14.3 Å². The molecule has 6 nitrogen and oxygen atoms in total. The molecule has 1 aromatic heterocycles. The second kappa shape index (κ2) is 9.55. The summed E-state index contributed by atoms with van der Waals surface area (Å²) < 4.78 is 6.67. The predicted octanol–water partition coefficient (Wildman–Crippen LogP) is 4.78. The first-order valence-electron chi connectivity index (χ1n) is 8.91. The Morgan fingerprint density at radius 2 is 1.93 bits per heavy atom. The van der Waals surface area contributed by atoms with Crippen LogP contribution in [0.2, 0.25) is 0 Å². The van der Waals surface area contributed by atoms with E-state index in [1.54, 1.807) is 12.1 Å². The Morgan fingerprint density at radius 3 is 2.62 bits per heavy atom. The molecule has 2 aromatic rings. The molecule has 1 aromatic carbocycles. The van der Waals surface area contributed by atoms with Gasteiger partial charge in [-0.25, -0.2) is 0 Å². The molecule has 4 N–H and O–H groups in total. The molecule has 29 heavy (non-hydrogen) atoms. The second-order valence-corrected chi connectivity index (χ2v) is 9.79. The molecule has 1 heterocycles. The summed E-state index contributed by atoms with van der Waals surface area (Å²) in [5, 5.41) is 6.31. The van der Waals surface area contributed by atoms with Crippen LogP contribution in [0.3, 0.4) is 0 Å². The minimum Gasteiger partial charge on any atom is -0.495 e. The highest BCUT2D eigenvalue weighted by Crippen LogP contribution is 2.37. The van der Waals surface area contributed by atoms with Crippen molar-refractivity contribution in [2.24, 2.45) is 5.73 Å². The lowest BCUT2D eigenvalue weighted by molar-refractivity contribution is 0.0972. The number of halogens is 2. The van der Waals surface area contributed by atoms with Crippen LogP contribution in [0.25, 0.3) is 0 Å². The van der Waals surface area contributed by atoms with Gasteiger partial charge in [-0.1, -0.05) is 22.4 Å². The largest absolute Gasteiger partial charge is 0.495 e. The zero-order valence-corrected chi connectivity index (χ0v) is 20.4. The van der Waals surface area contributed by atoms with Crippen LogP contribution in [-0.4, -0.2) is 24.0 Å². The zero-order valence-electron chi connectivity index (χ0n) is 15.6. The topological polar surface area (TPSA) is 93.4 Å². The molecule has 0 spiro atoms. The summed E-state index contributed by atoms with van der Waals surface area (Å²) in [7, 11) is 1.49. The van der Waals surface area contributed by atoms with Crippen molar-refractivity contribution >= 4 is 77.3 Å². The van der Waals surface area contributed by atoms with E-state index < -0.39 is 11.8 Å². The van der Waals surface area contributed by atoms with Crippen LogP contribution in [-0.2, 0) is 12.8 Å². The summed E-state index contributed by atoms with van der Waals surface area (Å²) >= 11 is 13.5. The van der Waals surface area contributed by atoms with Crippen LogP contribution in [0.4, 0.5) is 5.00 Å². The lowest BCUT2D eigenvalue weighted by Crippen LogP contribution is -2.34. The van der Waals surface area contributed by atoms with Gasteiger partial charge in [0.15, 0.2) is 5.11 Å². The first-order valence-corrected chi connectivity index (χ1v) is 11.7. The van der Waals surface area contributed by atoms with E-state index in [-0.39, 0.29) is 5.11 Å². The second-order valence-electron chi connectivity index (χ2n) is 6.51. The number of methoxy groups -OCH3 is 1. The van der Waals surface area contributed by atoms with Crippen molar-refractivity contribution in [3.05, 3.63) is 42.6 Å². The Hall–Kier alpha value is -1.49. The van der Waals surface area contributed by atoms with Crippen molar-refractivity contribution in [3.63, 3.8) is 0 Å². The molecule has 0 bridgehead atoms. The Bertz CT molecular complexity index is 992. The molecule has 0 fully saturated rings. The molecule has 3 rings (SSSR count). The van der Waals surface area contributed by atoms with Gasteiger partial charge >= 0.3 is 0 Å². The van der Waals surface area contributed by atoms with Crippen molar-refractivity contribution in [2.45, 2.75) is 32.1 Å². The summed E-state index contributed by atoms with van der Waals surface area (Å²) in [5.74, 6) is -0.520. The summed E-state index contributed by atoms with van der Waals surface area (Å²) in [6, 6.07) is 3.42. The fourth-order valence-corrected chi connectivity index (χ4v) is 6.28. The molecule has 10 heteroatoms. The van der Waals surface area contributed by atoms with Gasteiger partial charge in [0.1, 0.15) is 10.8 Å². The zero-order chi connectivity index (χ0) is 21.1. The number of carbonyl (C=O) groups excluding carboxylic acids is 2. The van der Waals surface area contributed by atoms with Gasteiger partial charge in [-0.15, -0.1) is 11.3 Å². The molecule has 1 aliphatic rings. The van der Waals surface area contributed by atoms with Gasteiger partial charge in [0.05, 0.1) is 22.7 Å². The van der Waals surface area contributed by atoms with Crippen LogP contribution in [0, 0.1) is 0 Å². The molecular formula is C19H19Br2N3O3S2. The number of fused-ring (bicyclic) bond motifs is 1. The monoisotopic (exact) mass is 559 g/mol. The number of hydrogen-bond acceptors (Lipinski definition) is 5. The molecule has 0 radical (unpaired) electrons. The van der Waals surface area contributed by atoms with Gasteiger partial charge in [0.2, 0.25) is 0 Å².